The third kappa shape index (κ3) is 2.73. The lowest BCUT2D eigenvalue weighted by molar-refractivity contribution is 0.550. The summed E-state index contributed by atoms with van der Waals surface area (Å²) in [7, 11) is 0. The van der Waals surface area contributed by atoms with Crippen molar-refractivity contribution in [1.29, 1.82) is 0 Å². The molecule has 17 heavy (non-hydrogen) atoms. The minimum atomic E-state index is -0.495. The number of benzene rings is 1. The predicted octanol–water partition coefficient (Wildman–Crippen LogP) is 3.91. The third-order valence-corrected chi connectivity index (χ3v) is 3.93. The molecule has 1 aromatic heterocycles. The van der Waals surface area contributed by atoms with Crippen molar-refractivity contribution in [2.75, 3.05) is 0 Å². The highest BCUT2D eigenvalue weighted by Gasteiger charge is 2.19. The molecule has 0 radical (unpaired) electrons. The van der Waals surface area contributed by atoms with Crippen molar-refractivity contribution in [2.24, 2.45) is 5.73 Å². The molecule has 1 aromatic carbocycles. The lowest BCUT2D eigenvalue weighted by Crippen LogP contribution is -2.28. The van der Waals surface area contributed by atoms with Crippen LogP contribution in [0.1, 0.15) is 18.9 Å². The summed E-state index contributed by atoms with van der Waals surface area (Å²) < 4.78 is 14.5. The van der Waals surface area contributed by atoms with Crippen molar-refractivity contribution in [3.05, 3.63) is 38.9 Å². The van der Waals surface area contributed by atoms with Gasteiger partial charge in [0.2, 0.25) is 0 Å². The fourth-order valence-electron chi connectivity index (χ4n) is 1.39. The number of nitrogens with zero attached hydrogens (tertiary/aromatic N) is 1. The summed E-state index contributed by atoms with van der Waals surface area (Å²) in [6.45, 7) is 3.76. The van der Waals surface area contributed by atoms with Crippen molar-refractivity contribution >= 4 is 27.3 Å². The Labute approximate surface area is 112 Å². The third-order valence-electron chi connectivity index (χ3n) is 2.26. The smallest absolute Gasteiger partial charge is 0.132 e. The van der Waals surface area contributed by atoms with Gasteiger partial charge in [0, 0.05) is 15.4 Å². The number of nitrogens with two attached hydrogens (primary N) is 1. The van der Waals surface area contributed by atoms with Crippen LogP contribution in [0, 0.1) is 5.82 Å². The second-order valence-electron chi connectivity index (χ2n) is 4.38. The molecule has 5 heteroatoms. The maximum Gasteiger partial charge on any atom is 0.132 e. The van der Waals surface area contributed by atoms with Gasteiger partial charge in [0.1, 0.15) is 10.8 Å². The first kappa shape index (κ1) is 12.7. The Hall–Kier alpha value is -0.780. The summed E-state index contributed by atoms with van der Waals surface area (Å²) in [5.74, 6) is -0.278. The van der Waals surface area contributed by atoms with Gasteiger partial charge in [0.15, 0.2) is 0 Å². The molecule has 90 valence electrons. The first-order valence-corrected chi connectivity index (χ1v) is 6.75. The number of halogens is 2. The molecule has 0 saturated carbocycles. The average molecular weight is 315 g/mol. The second kappa shape index (κ2) is 4.48. The van der Waals surface area contributed by atoms with Crippen LogP contribution >= 0.6 is 27.3 Å². The molecule has 0 spiro atoms. The number of thiazole rings is 1. The van der Waals surface area contributed by atoms with Crippen LogP contribution in [0.25, 0.3) is 11.3 Å². The van der Waals surface area contributed by atoms with Crippen molar-refractivity contribution in [1.82, 2.24) is 4.98 Å². The van der Waals surface area contributed by atoms with Gasteiger partial charge in [-0.1, -0.05) is 15.9 Å². The summed E-state index contributed by atoms with van der Waals surface area (Å²) in [4.78, 5) is 4.39. The molecule has 0 aliphatic carbocycles. The van der Waals surface area contributed by atoms with Gasteiger partial charge in [-0.05, 0) is 32.0 Å². The molecular formula is C12H12BrFN2S. The van der Waals surface area contributed by atoms with E-state index in [4.69, 9.17) is 5.73 Å². The summed E-state index contributed by atoms with van der Waals surface area (Å²) in [6, 6.07) is 4.81. The topological polar surface area (TPSA) is 38.9 Å². The van der Waals surface area contributed by atoms with Crippen molar-refractivity contribution in [3.8, 4) is 11.3 Å². The van der Waals surface area contributed by atoms with Gasteiger partial charge < -0.3 is 5.73 Å². The molecule has 0 atom stereocenters. The van der Waals surface area contributed by atoms with E-state index in [-0.39, 0.29) is 5.82 Å². The maximum absolute atomic E-state index is 13.7. The molecule has 0 unspecified atom stereocenters. The molecule has 2 nitrogen and oxygen atoms in total. The van der Waals surface area contributed by atoms with Gasteiger partial charge in [-0.25, -0.2) is 9.37 Å². The van der Waals surface area contributed by atoms with Gasteiger partial charge in [0.05, 0.1) is 11.2 Å². The molecule has 0 amide bonds. The normalized spacial score (nSPS) is 11.8. The van der Waals surface area contributed by atoms with E-state index in [1.54, 1.807) is 12.1 Å². The first-order valence-electron chi connectivity index (χ1n) is 5.08. The lowest BCUT2D eigenvalue weighted by Gasteiger charge is -2.13. The van der Waals surface area contributed by atoms with E-state index < -0.39 is 5.54 Å². The van der Waals surface area contributed by atoms with Gasteiger partial charge in [-0.2, -0.15) is 0 Å². The molecular weight excluding hydrogens is 303 g/mol. The number of rotatable bonds is 2. The SMILES string of the molecule is CC(C)(N)c1nc(-c2cc(Br)ccc2F)cs1. The van der Waals surface area contributed by atoms with Crippen LogP contribution in [0.2, 0.25) is 0 Å². The van der Waals surface area contributed by atoms with E-state index in [1.165, 1.54) is 17.4 Å². The van der Waals surface area contributed by atoms with Crippen LogP contribution in [-0.2, 0) is 5.54 Å². The quantitative estimate of drug-likeness (QED) is 0.913. The summed E-state index contributed by atoms with van der Waals surface area (Å²) >= 11 is 4.77. The molecule has 2 N–H and O–H groups in total. The van der Waals surface area contributed by atoms with Gasteiger partial charge in [0.25, 0.3) is 0 Å². The zero-order valence-electron chi connectivity index (χ0n) is 9.50. The van der Waals surface area contributed by atoms with Crippen LogP contribution in [0.4, 0.5) is 4.39 Å². The average Bonchev–Trinajstić information content (AvgIpc) is 2.70. The highest BCUT2D eigenvalue weighted by molar-refractivity contribution is 9.10. The summed E-state index contributed by atoms with van der Waals surface area (Å²) in [5.41, 5.74) is 6.59. The lowest BCUT2D eigenvalue weighted by atomic mass is 10.1. The van der Waals surface area contributed by atoms with E-state index in [9.17, 15) is 4.39 Å². The number of hydrogen-bond donors (Lipinski definition) is 1. The van der Waals surface area contributed by atoms with E-state index in [0.717, 1.165) is 9.48 Å². The number of hydrogen-bond acceptors (Lipinski definition) is 3. The molecule has 2 rings (SSSR count). The standard InChI is InChI=1S/C12H12BrFN2S/c1-12(2,15)11-16-10(6-17-11)8-5-7(13)3-4-9(8)14/h3-6H,15H2,1-2H3. The zero-order valence-corrected chi connectivity index (χ0v) is 11.9. The molecule has 1 heterocycles. The van der Waals surface area contributed by atoms with Gasteiger partial charge in [-0.15, -0.1) is 11.3 Å². The molecule has 0 bridgehead atoms. The molecule has 2 aromatic rings. The van der Waals surface area contributed by atoms with Crippen molar-refractivity contribution in [2.45, 2.75) is 19.4 Å². The maximum atomic E-state index is 13.7. The first-order chi connectivity index (χ1) is 7.88. The van der Waals surface area contributed by atoms with Crippen LogP contribution in [0.3, 0.4) is 0 Å². The molecule has 0 fully saturated rings. The highest BCUT2D eigenvalue weighted by Crippen LogP contribution is 2.30. The van der Waals surface area contributed by atoms with Gasteiger partial charge >= 0.3 is 0 Å². The van der Waals surface area contributed by atoms with Gasteiger partial charge in [-0.3, -0.25) is 0 Å². The minimum absolute atomic E-state index is 0.278. The van der Waals surface area contributed by atoms with Crippen LogP contribution in [-0.4, -0.2) is 4.98 Å². The Kier molecular flexibility index (Phi) is 3.34. The largest absolute Gasteiger partial charge is 0.320 e. The number of aromatic nitrogens is 1. The minimum Gasteiger partial charge on any atom is -0.320 e. The van der Waals surface area contributed by atoms with Crippen molar-refractivity contribution < 1.29 is 4.39 Å². The zero-order chi connectivity index (χ0) is 12.6. The Morgan fingerprint density at radius 1 is 1.41 bits per heavy atom. The summed E-state index contributed by atoms with van der Waals surface area (Å²) in [5, 5.41) is 2.63. The Bertz CT molecular complexity index is 546. The van der Waals surface area contributed by atoms with E-state index in [0.29, 0.717) is 11.3 Å². The van der Waals surface area contributed by atoms with E-state index in [2.05, 4.69) is 20.9 Å². The summed E-state index contributed by atoms with van der Waals surface area (Å²) in [6.07, 6.45) is 0. The monoisotopic (exact) mass is 314 g/mol. The van der Waals surface area contributed by atoms with Crippen LogP contribution < -0.4 is 5.73 Å². The van der Waals surface area contributed by atoms with E-state index in [1.807, 2.05) is 19.2 Å². The Morgan fingerprint density at radius 2 is 2.12 bits per heavy atom. The fraction of sp³-hybridized carbons (Fsp3) is 0.250. The fourth-order valence-corrected chi connectivity index (χ4v) is 2.61. The molecule has 0 aliphatic heterocycles. The Balaban J connectivity index is 2.47. The highest BCUT2D eigenvalue weighted by atomic mass is 79.9. The molecule has 0 saturated heterocycles. The Morgan fingerprint density at radius 3 is 2.71 bits per heavy atom. The molecule has 0 aliphatic rings. The van der Waals surface area contributed by atoms with E-state index >= 15 is 0 Å². The van der Waals surface area contributed by atoms with Crippen LogP contribution in [0.5, 0.6) is 0 Å². The van der Waals surface area contributed by atoms with Crippen molar-refractivity contribution in [3.63, 3.8) is 0 Å². The van der Waals surface area contributed by atoms with Crippen LogP contribution in [0.15, 0.2) is 28.1 Å². The second-order valence-corrected chi connectivity index (χ2v) is 6.16. The predicted molar refractivity (Wildman–Crippen MR) is 72.4 cm³/mol.